The number of nitrogens with one attached hydrogen (secondary N) is 1. The van der Waals surface area contributed by atoms with E-state index in [0.29, 0.717) is 0 Å². The molecule has 0 heterocycles. The SMILES string of the molecule is CC(CNS(=O)(=O)c1ccc(S(C)(=O)=O)cc1)C(=O)O. The van der Waals surface area contributed by atoms with Gasteiger partial charge in [-0.3, -0.25) is 4.79 Å². The van der Waals surface area contributed by atoms with E-state index < -0.39 is 31.7 Å². The molecular weight excluding hydrogens is 306 g/mol. The first-order valence-corrected chi connectivity index (χ1v) is 8.94. The van der Waals surface area contributed by atoms with Crippen molar-refractivity contribution < 1.29 is 26.7 Å². The normalized spacial score (nSPS) is 13.9. The van der Waals surface area contributed by atoms with E-state index in [2.05, 4.69) is 4.72 Å². The molecule has 0 aliphatic carbocycles. The summed E-state index contributed by atoms with van der Waals surface area (Å²) in [5.41, 5.74) is 0. The molecule has 0 fully saturated rings. The number of benzene rings is 1. The number of hydrogen-bond donors (Lipinski definition) is 2. The Morgan fingerprint density at radius 2 is 1.60 bits per heavy atom. The highest BCUT2D eigenvalue weighted by molar-refractivity contribution is 7.90. The third kappa shape index (κ3) is 4.29. The molecule has 0 radical (unpaired) electrons. The molecule has 1 rings (SSSR count). The number of sulfonamides is 1. The zero-order valence-electron chi connectivity index (χ0n) is 10.9. The number of carbonyl (C=O) groups is 1. The van der Waals surface area contributed by atoms with Gasteiger partial charge in [0.05, 0.1) is 15.7 Å². The lowest BCUT2D eigenvalue weighted by Gasteiger charge is -2.09. The Kier molecular flexibility index (Phi) is 4.90. The van der Waals surface area contributed by atoms with E-state index in [1.807, 2.05) is 0 Å². The van der Waals surface area contributed by atoms with E-state index >= 15 is 0 Å². The lowest BCUT2D eigenvalue weighted by Crippen LogP contribution is -2.31. The van der Waals surface area contributed by atoms with Crippen molar-refractivity contribution >= 4 is 25.8 Å². The van der Waals surface area contributed by atoms with Crippen LogP contribution in [-0.2, 0) is 24.7 Å². The molecule has 0 aliphatic heterocycles. The van der Waals surface area contributed by atoms with Crippen molar-refractivity contribution in [3.8, 4) is 0 Å². The minimum absolute atomic E-state index is 0.00959. The molecule has 1 aromatic rings. The molecule has 20 heavy (non-hydrogen) atoms. The highest BCUT2D eigenvalue weighted by atomic mass is 32.2. The summed E-state index contributed by atoms with van der Waals surface area (Å²) < 4.78 is 48.4. The molecule has 1 aromatic carbocycles. The molecule has 0 amide bonds. The second kappa shape index (κ2) is 5.90. The summed E-state index contributed by atoms with van der Waals surface area (Å²) in [6, 6.07) is 4.68. The fourth-order valence-electron chi connectivity index (χ4n) is 1.27. The van der Waals surface area contributed by atoms with Gasteiger partial charge >= 0.3 is 5.97 Å². The molecule has 0 saturated heterocycles. The molecule has 1 unspecified atom stereocenters. The van der Waals surface area contributed by atoms with Crippen LogP contribution >= 0.6 is 0 Å². The van der Waals surface area contributed by atoms with Gasteiger partial charge in [0.15, 0.2) is 9.84 Å². The number of hydrogen-bond acceptors (Lipinski definition) is 5. The van der Waals surface area contributed by atoms with Crippen LogP contribution in [0.2, 0.25) is 0 Å². The van der Waals surface area contributed by atoms with Crippen LogP contribution in [0.5, 0.6) is 0 Å². The van der Waals surface area contributed by atoms with Crippen molar-refractivity contribution in [1.82, 2.24) is 4.72 Å². The maximum absolute atomic E-state index is 11.9. The van der Waals surface area contributed by atoms with Crippen molar-refractivity contribution in [3.05, 3.63) is 24.3 Å². The van der Waals surface area contributed by atoms with Gasteiger partial charge in [-0.2, -0.15) is 0 Å². The summed E-state index contributed by atoms with van der Waals surface area (Å²) >= 11 is 0. The van der Waals surface area contributed by atoms with Gasteiger partial charge < -0.3 is 5.11 Å². The molecular formula is C11H15NO6S2. The van der Waals surface area contributed by atoms with E-state index in [-0.39, 0.29) is 16.3 Å². The van der Waals surface area contributed by atoms with Crippen LogP contribution in [0.1, 0.15) is 6.92 Å². The lowest BCUT2D eigenvalue weighted by molar-refractivity contribution is -0.140. The maximum atomic E-state index is 11.9. The fraction of sp³-hybridized carbons (Fsp3) is 0.364. The number of carboxylic acid groups (broad SMARTS) is 1. The van der Waals surface area contributed by atoms with E-state index in [0.717, 1.165) is 18.4 Å². The third-order valence-electron chi connectivity index (χ3n) is 2.56. The van der Waals surface area contributed by atoms with Gasteiger partial charge in [0.1, 0.15) is 0 Å². The van der Waals surface area contributed by atoms with Gasteiger partial charge in [0.25, 0.3) is 0 Å². The number of rotatable bonds is 6. The second-order valence-electron chi connectivity index (χ2n) is 4.33. The molecule has 1 atom stereocenters. The second-order valence-corrected chi connectivity index (χ2v) is 8.12. The van der Waals surface area contributed by atoms with Crippen LogP contribution in [-0.4, -0.2) is 40.7 Å². The Morgan fingerprint density at radius 3 is 2.00 bits per heavy atom. The first-order chi connectivity index (χ1) is 9.04. The fourth-order valence-corrected chi connectivity index (χ4v) is 3.03. The van der Waals surface area contributed by atoms with E-state index in [1.165, 1.54) is 19.1 Å². The quantitative estimate of drug-likeness (QED) is 0.766. The van der Waals surface area contributed by atoms with Crippen LogP contribution in [0, 0.1) is 5.92 Å². The summed E-state index contributed by atoms with van der Waals surface area (Å²) in [4.78, 5) is 10.5. The Hall–Kier alpha value is -1.45. The molecule has 112 valence electrons. The van der Waals surface area contributed by atoms with Crippen LogP contribution < -0.4 is 4.72 Å². The molecule has 7 nitrogen and oxygen atoms in total. The summed E-state index contributed by atoms with van der Waals surface area (Å²) in [7, 11) is -7.25. The predicted octanol–water partition coefficient (Wildman–Crippen LogP) is 0.0891. The third-order valence-corrected chi connectivity index (χ3v) is 5.13. The van der Waals surface area contributed by atoms with E-state index in [1.54, 1.807) is 0 Å². The Morgan fingerprint density at radius 1 is 1.15 bits per heavy atom. The van der Waals surface area contributed by atoms with Gasteiger partial charge in [-0.1, -0.05) is 6.92 Å². The van der Waals surface area contributed by atoms with Crippen molar-refractivity contribution in [3.63, 3.8) is 0 Å². The molecule has 0 bridgehead atoms. The molecule has 0 spiro atoms. The minimum Gasteiger partial charge on any atom is -0.481 e. The molecule has 9 heteroatoms. The van der Waals surface area contributed by atoms with Crippen molar-refractivity contribution in [1.29, 1.82) is 0 Å². The first-order valence-electron chi connectivity index (χ1n) is 5.56. The first kappa shape index (κ1) is 16.6. The van der Waals surface area contributed by atoms with E-state index in [9.17, 15) is 21.6 Å². The Bertz CT molecular complexity index is 691. The average molecular weight is 321 g/mol. The average Bonchev–Trinajstić information content (AvgIpc) is 2.35. The van der Waals surface area contributed by atoms with Crippen LogP contribution in [0.4, 0.5) is 0 Å². The van der Waals surface area contributed by atoms with E-state index in [4.69, 9.17) is 5.11 Å². The number of sulfone groups is 1. The van der Waals surface area contributed by atoms with Gasteiger partial charge in [-0.25, -0.2) is 21.6 Å². The summed E-state index contributed by atoms with van der Waals surface area (Å²) in [5.74, 6) is -1.97. The summed E-state index contributed by atoms with van der Waals surface area (Å²) in [6.45, 7) is 1.13. The Labute approximate surface area is 117 Å². The van der Waals surface area contributed by atoms with Crippen LogP contribution in [0.3, 0.4) is 0 Å². The van der Waals surface area contributed by atoms with Crippen molar-refractivity contribution in [2.75, 3.05) is 12.8 Å². The standard InChI is InChI=1S/C11H15NO6S2/c1-8(11(13)14)7-12-20(17,18)10-5-3-9(4-6-10)19(2,15)16/h3-6,8,12H,7H2,1-2H3,(H,13,14). The Balaban J connectivity index is 2.91. The molecule has 2 N–H and O–H groups in total. The molecule has 0 aliphatic rings. The van der Waals surface area contributed by atoms with Crippen molar-refractivity contribution in [2.45, 2.75) is 16.7 Å². The van der Waals surface area contributed by atoms with Crippen molar-refractivity contribution in [2.24, 2.45) is 5.92 Å². The molecule has 0 aromatic heterocycles. The maximum Gasteiger partial charge on any atom is 0.307 e. The highest BCUT2D eigenvalue weighted by Gasteiger charge is 2.18. The van der Waals surface area contributed by atoms with Crippen LogP contribution in [0.15, 0.2) is 34.1 Å². The van der Waals surface area contributed by atoms with Gasteiger partial charge in [0.2, 0.25) is 10.0 Å². The minimum atomic E-state index is -3.86. The topological polar surface area (TPSA) is 118 Å². The summed E-state index contributed by atoms with van der Waals surface area (Å²) in [6.07, 6.45) is 1.02. The van der Waals surface area contributed by atoms with Gasteiger partial charge in [-0.15, -0.1) is 0 Å². The smallest absolute Gasteiger partial charge is 0.307 e. The zero-order valence-corrected chi connectivity index (χ0v) is 12.5. The monoisotopic (exact) mass is 321 g/mol. The predicted molar refractivity (Wildman–Crippen MR) is 71.5 cm³/mol. The number of carboxylic acids is 1. The lowest BCUT2D eigenvalue weighted by atomic mass is 10.2. The molecule has 0 saturated carbocycles. The zero-order chi connectivity index (χ0) is 15.6. The number of aliphatic carboxylic acids is 1. The summed E-state index contributed by atoms with van der Waals surface area (Å²) in [5, 5.41) is 8.67. The largest absolute Gasteiger partial charge is 0.481 e. The van der Waals surface area contributed by atoms with Gasteiger partial charge in [-0.05, 0) is 24.3 Å². The van der Waals surface area contributed by atoms with Crippen LogP contribution in [0.25, 0.3) is 0 Å². The highest BCUT2D eigenvalue weighted by Crippen LogP contribution is 2.14. The van der Waals surface area contributed by atoms with Gasteiger partial charge in [0, 0.05) is 12.8 Å².